The summed E-state index contributed by atoms with van der Waals surface area (Å²) in [5, 5.41) is 136. The second-order valence-corrected chi connectivity index (χ2v) is 21.5. The summed E-state index contributed by atoms with van der Waals surface area (Å²) in [5.74, 6) is -5.73. The number of rotatable bonds is 10. The molecule has 19 N–H and O–H groups in total. The van der Waals surface area contributed by atoms with Gasteiger partial charge < -0.3 is 124 Å². The number of hydrogen-bond acceptors (Lipinski definition) is 23. The molecule has 0 unspecified atom stereocenters. The minimum atomic E-state index is -0.833. The number of halogens is 2. The van der Waals surface area contributed by atoms with Gasteiger partial charge in [0, 0.05) is 185 Å². The Morgan fingerprint density at radius 3 is 0.641 bits per heavy atom. The molecular formula is C76H92Cl2N14O25. The van der Waals surface area contributed by atoms with Crippen LogP contribution in [-0.4, -0.2) is 139 Å². The lowest BCUT2D eigenvalue weighted by Crippen LogP contribution is -3.00. The molecule has 0 saturated carbocycles. The van der Waals surface area contributed by atoms with E-state index in [4.69, 9.17) is 90.6 Å². The summed E-state index contributed by atoms with van der Waals surface area (Å²) in [6.07, 6.45) is 0. The van der Waals surface area contributed by atoms with Crippen LogP contribution in [0, 0.1) is 10.8 Å². The fourth-order valence-corrected chi connectivity index (χ4v) is 6.66. The van der Waals surface area contributed by atoms with E-state index >= 15 is 0 Å². The number of nitrogens with zero attached hydrogens (tertiary/aromatic N) is 6. The topological polar surface area (TPSA) is 639 Å². The molecule has 0 aliphatic heterocycles. The number of aromatic hydroxyl groups is 5. The Bertz CT molecular complexity index is 4180. The van der Waals surface area contributed by atoms with Crippen LogP contribution in [-0.2, 0) is 67.1 Å². The first-order valence-electron chi connectivity index (χ1n) is 32.3. The van der Waals surface area contributed by atoms with Crippen LogP contribution in [0.15, 0.2) is 198 Å². The average Bonchev–Trinajstić information content (AvgIpc) is 0.883. The molecule has 39 nitrogen and oxygen atoms in total. The maximum absolute atomic E-state index is 11.0. The lowest BCUT2D eigenvalue weighted by atomic mass is 10.2. The number of carbonyl (C=O) groups excluding carboxylic acids is 8. The van der Waals surface area contributed by atoms with Crippen molar-refractivity contribution in [1.82, 2.24) is 0 Å². The summed E-state index contributed by atoms with van der Waals surface area (Å²) < 4.78 is 0. The van der Waals surface area contributed by atoms with Gasteiger partial charge >= 0.3 is 11.4 Å². The van der Waals surface area contributed by atoms with Gasteiger partial charge in [-0.05, 0) is 97.1 Å². The van der Waals surface area contributed by atoms with Crippen LogP contribution < -0.4 is 67.3 Å². The van der Waals surface area contributed by atoms with Crippen molar-refractivity contribution in [3.8, 4) is 28.7 Å². The highest BCUT2D eigenvalue weighted by molar-refractivity contribution is 5.93. The predicted octanol–water partition coefficient (Wildman–Crippen LogP) is 7.94. The lowest BCUT2D eigenvalue weighted by Gasteiger charge is -2.04. The first-order chi connectivity index (χ1) is 53.5. The maximum Gasteiger partial charge on any atom is 0.387 e. The van der Waals surface area contributed by atoms with Crippen molar-refractivity contribution < 1.29 is 148 Å². The lowest BCUT2D eigenvalue weighted by molar-refractivity contribution is -0.135. The monoisotopic (exact) mass is 1670 g/mol. The van der Waals surface area contributed by atoms with Gasteiger partial charge in [-0.3, -0.25) is 67.1 Å². The fourth-order valence-electron chi connectivity index (χ4n) is 6.66. The minimum Gasteiger partial charge on any atom is -1.00 e. The van der Waals surface area contributed by atoms with Crippen LogP contribution in [0.3, 0.4) is 0 Å². The zero-order valence-corrected chi connectivity index (χ0v) is 67.0. The van der Waals surface area contributed by atoms with Gasteiger partial charge in [-0.2, -0.15) is 5.11 Å². The molecule has 0 aliphatic carbocycles. The van der Waals surface area contributed by atoms with Crippen molar-refractivity contribution in [2.45, 2.75) is 96.9 Å². The number of hydrogen-bond donors (Lipinski definition) is 19. The molecule has 8 rings (SSSR count). The predicted molar refractivity (Wildman–Crippen MR) is 428 cm³/mol. The van der Waals surface area contributed by atoms with Gasteiger partial charge in [-0.25, -0.2) is 0 Å². The number of nitrogens with one attached hydrogen (secondary N) is 8. The van der Waals surface area contributed by atoms with E-state index in [1.54, 1.807) is 158 Å². The molecule has 0 saturated heterocycles. The molecule has 0 aliphatic rings. The van der Waals surface area contributed by atoms with E-state index in [-0.39, 0.29) is 107 Å². The summed E-state index contributed by atoms with van der Waals surface area (Å²) in [6, 6.07) is 50.2. The van der Waals surface area contributed by atoms with Crippen LogP contribution in [0.25, 0.3) is 9.95 Å². The van der Waals surface area contributed by atoms with Crippen LogP contribution >= 0.6 is 0 Å². The number of aliphatic carboxylic acids is 6. The highest BCUT2D eigenvalue weighted by Crippen LogP contribution is 2.31. The van der Waals surface area contributed by atoms with Crippen molar-refractivity contribution in [3.05, 3.63) is 198 Å². The zero-order chi connectivity index (χ0) is 89.3. The second-order valence-electron chi connectivity index (χ2n) is 21.5. The highest BCUT2D eigenvalue weighted by Gasteiger charge is 2.08. The molecule has 630 valence electrons. The third-order valence-electron chi connectivity index (χ3n) is 9.99. The van der Waals surface area contributed by atoms with Crippen molar-refractivity contribution in [2.24, 2.45) is 10.2 Å². The van der Waals surface area contributed by atoms with E-state index in [1.807, 2.05) is 0 Å². The molecule has 41 heteroatoms. The molecule has 8 aromatic rings. The van der Waals surface area contributed by atoms with E-state index in [2.05, 4.69) is 62.7 Å². The molecule has 8 amide bonds. The maximum atomic E-state index is 11.0. The van der Waals surface area contributed by atoms with Crippen LogP contribution in [0.1, 0.15) is 96.9 Å². The van der Waals surface area contributed by atoms with Gasteiger partial charge in [-0.15, -0.1) is 5.11 Å². The smallest absolute Gasteiger partial charge is 0.387 e. The molecular weight excluding hydrogens is 1580 g/mol. The highest BCUT2D eigenvalue weighted by atomic mass is 35.5. The number of carbonyl (C=O) groups is 14. The number of diazo groups is 2. The Labute approximate surface area is 683 Å². The number of phenolic OH excluding ortho intramolecular Hbond substituents is 5. The summed E-state index contributed by atoms with van der Waals surface area (Å²) >= 11 is 0. The molecule has 117 heavy (non-hydrogen) atoms. The van der Waals surface area contributed by atoms with E-state index in [0.29, 0.717) is 62.6 Å². The number of carboxylic acid groups (broad SMARTS) is 6. The number of benzene rings is 8. The van der Waals surface area contributed by atoms with Crippen LogP contribution in [0.2, 0.25) is 0 Å². The minimum absolute atomic E-state index is 0. The third kappa shape index (κ3) is 82.7. The fraction of sp³-hybridized carbons (Fsp3) is 0.184. The third-order valence-corrected chi connectivity index (χ3v) is 9.99. The van der Waals surface area contributed by atoms with Crippen LogP contribution in [0.4, 0.5) is 68.2 Å². The number of carboxylic acids is 6. The van der Waals surface area contributed by atoms with E-state index in [9.17, 15) is 43.5 Å². The Morgan fingerprint density at radius 1 is 0.256 bits per heavy atom. The first kappa shape index (κ1) is 115. The van der Waals surface area contributed by atoms with Gasteiger partial charge in [0.25, 0.3) is 35.8 Å². The van der Waals surface area contributed by atoms with Crippen molar-refractivity contribution in [2.75, 3.05) is 42.5 Å². The molecule has 0 radical (unpaired) electrons. The number of azo groups is 1. The van der Waals surface area contributed by atoms with Crippen molar-refractivity contribution in [1.29, 1.82) is 10.8 Å². The molecule has 0 aromatic heterocycles. The largest absolute Gasteiger partial charge is 1.00 e. The number of phenols is 5. The summed E-state index contributed by atoms with van der Waals surface area (Å²) in [5.41, 5.74) is 6.52. The molecule has 8 aromatic carbocycles. The Hall–Kier alpha value is -15.6. The Morgan fingerprint density at radius 2 is 0.444 bits per heavy atom. The summed E-state index contributed by atoms with van der Waals surface area (Å²) in [6.45, 7) is 17.8. The van der Waals surface area contributed by atoms with Gasteiger partial charge in [0.1, 0.15) is 34.4 Å². The SMILES string of the molecule is CC(=O)Nc1ccc(N=Nc2ccc(NC(C)=O)cc2O)cc1.CC(=O)Nc1cccc(O)c1.CC(=O)Nc1cccc(O)c1.CC(=O)Nc1cccc(O)c1.CC(=O)Nc1cccc(O)c1.CC(=O)Nc1cccc([N+]#N)c1.CC(=O)Nc1cccc([N+]#N)c1.CC(=O)O.CC(=O)O.CC(=O)O.CC(=O)O.CC(=O)O.CC(=O)O.[Cl-].[Cl-]. The van der Waals surface area contributed by atoms with Gasteiger partial charge in [0.05, 0.1) is 17.8 Å². The van der Waals surface area contributed by atoms with E-state index in [1.165, 1.54) is 85.7 Å². The van der Waals surface area contributed by atoms with Gasteiger partial charge in [0.15, 0.2) is 9.95 Å². The van der Waals surface area contributed by atoms with E-state index in [0.717, 1.165) is 41.5 Å². The van der Waals surface area contributed by atoms with Crippen molar-refractivity contribution in [3.63, 3.8) is 0 Å². The Kier molecular flexibility index (Phi) is 67.0. The molecule has 0 bridgehead atoms. The summed E-state index contributed by atoms with van der Waals surface area (Å²) in [4.78, 5) is 145. The zero-order valence-electron chi connectivity index (χ0n) is 65.5. The molecule has 0 fully saturated rings. The average molecular weight is 1670 g/mol. The Balaban J connectivity index is -0.000000233. The number of amides is 8. The quantitative estimate of drug-likeness (QED) is 0.0456. The van der Waals surface area contributed by atoms with Gasteiger partial charge in [-0.1, -0.05) is 36.4 Å². The first-order valence-corrected chi connectivity index (χ1v) is 32.3. The van der Waals surface area contributed by atoms with Crippen LogP contribution in [0.5, 0.6) is 28.7 Å². The number of anilines is 8. The molecule has 0 atom stereocenters. The molecule has 0 spiro atoms. The summed E-state index contributed by atoms with van der Waals surface area (Å²) in [7, 11) is 0. The van der Waals surface area contributed by atoms with Crippen molar-refractivity contribution >= 4 is 151 Å². The normalized spacial score (nSPS) is 8.58. The van der Waals surface area contributed by atoms with E-state index < -0.39 is 35.8 Å². The standard InChI is InChI=1S/C16H16N4O3.2C8H7N3O.4C8H9NO2.6C2H4O2.2ClH/c1-10(21)17-12-3-5-13(6-4-12)19-20-15-8-7-14(9-16(15)23)18-11(2)22;2*1-6(12)10-7-3-2-4-8(5-7)11-9;4*1-6(10)9-7-3-2-4-8(11)5-7;6*1-2(3)4;;/h3-9,23H,1-2H3,(H,17,21)(H,18,22);2*2-5H,1H3;4*2-5,11H,1H3,(H,9,10);6*1H3,(H,3,4);2*1H. The van der Waals surface area contributed by atoms with Gasteiger partial charge in [0.2, 0.25) is 58.0 Å². The second kappa shape index (κ2) is 68.4. The molecule has 0 heterocycles.